The number of fused-ring (bicyclic) bond motifs is 1. The van der Waals surface area contributed by atoms with Crippen molar-refractivity contribution >= 4 is 17.1 Å². The van der Waals surface area contributed by atoms with Crippen molar-refractivity contribution in [3.05, 3.63) is 66.5 Å². The monoisotopic (exact) mass is 322 g/mol. The van der Waals surface area contributed by atoms with Gasteiger partial charge in [0.2, 0.25) is 0 Å². The number of hydrogen-bond acceptors (Lipinski definition) is 2. The number of aromatic nitrogens is 2. The number of nitrogens with zero attached hydrogens (tertiary/aromatic N) is 2. The van der Waals surface area contributed by atoms with Crippen LogP contribution in [-0.2, 0) is 13.0 Å². The van der Waals surface area contributed by atoms with E-state index in [0.717, 1.165) is 30.4 Å². The Morgan fingerprint density at radius 3 is 2.71 bits per heavy atom. The standard InChI is InChI=1S/C19H22N4O/c24-19(22-13-9-16-6-2-1-3-7-16)21-12-5-14-23-15-10-17-8-4-11-20-18(17)23/h1-4,6-8,10-11,15H,5,9,12-14H2,(H2,21,22,24). The molecule has 0 unspecified atom stereocenters. The highest BCUT2D eigenvalue weighted by Gasteiger charge is 2.02. The third kappa shape index (κ3) is 4.35. The molecule has 3 aromatic rings. The van der Waals surface area contributed by atoms with Gasteiger partial charge < -0.3 is 15.2 Å². The summed E-state index contributed by atoms with van der Waals surface area (Å²) in [5.41, 5.74) is 2.22. The first-order valence-electron chi connectivity index (χ1n) is 8.28. The molecule has 124 valence electrons. The van der Waals surface area contributed by atoms with Crippen molar-refractivity contribution in [2.24, 2.45) is 0 Å². The molecule has 0 fully saturated rings. The summed E-state index contributed by atoms with van der Waals surface area (Å²) in [5.74, 6) is 0. The summed E-state index contributed by atoms with van der Waals surface area (Å²) in [6.07, 6.45) is 5.55. The maximum absolute atomic E-state index is 11.8. The van der Waals surface area contributed by atoms with Crippen LogP contribution in [0.15, 0.2) is 60.9 Å². The number of aryl methyl sites for hydroxylation is 1. The Hall–Kier alpha value is -2.82. The molecule has 0 saturated carbocycles. The van der Waals surface area contributed by atoms with Crippen LogP contribution in [0.2, 0.25) is 0 Å². The second kappa shape index (κ2) is 8.15. The fraction of sp³-hybridized carbons (Fsp3) is 0.263. The Kier molecular flexibility index (Phi) is 5.45. The van der Waals surface area contributed by atoms with Gasteiger partial charge in [0.25, 0.3) is 0 Å². The van der Waals surface area contributed by atoms with Crippen molar-refractivity contribution in [1.82, 2.24) is 20.2 Å². The third-order valence-corrected chi connectivity index (χ3v) is 3.93. The first-order valence-corrected chi connectivity index (χ1v) is 8.28. The number of hydrogen-bond donors (Lipinski definition) is 2. The first-order chi connectivity index (χ1) is 11.8. The van der Waals surface area contributed by atoms with Crippen LogP contribution < -0.4 is 10.6 Å². The highest BCUT2D eigenvalue weighted by molar-refractivity contribution is 5.75. The molecular weight excluding hydrogens is 300 g/mol. The van der Waals surface area contributed by atoms with Gasteiger partial charge in [-0.15, -0.1) is 0 Å². The molecule has 1 aromatic carbocycles. The average molecular weight is 322 g/mol. The molecule has 0 aliphatic carbocycles. The molecule has 0 radical (unpaired) electrons. The van der Waals surface area contributed by atoms with Crippen LogP contribution >= 0.6 is 0 Å². The fourth-order valence-corrected chi connectivity index (χ4v) is 2.68. The maximum Gasteiger partial charge on any atom is 0.314 e. The molecule has 0 saturated heterocycles. The minimum atomic E-state index is -0.110. The van der Waals surface area contributed by atoms with E-state index in [1.54, 1.807) is 6.20 Å². The van der Waals surface area contributed by atoms with Gasteiger partial charge in [0.1, 0.15) is 5.65 Å². The van der Waals surface area contributed by atoms with E-state index in [1.807, 2.05) is 30.5 Å². The van der Waals surface area contributed by atoms with Gasteiger partial charge in [-0.2, -0.15) is 0 Å². The Bertz CT molecular complexity index is 782. The van der Waals surface area contributed by atoms with Gasteiger partial charge in [-0.3, -0.25) is 0 Å². The zero-order chi connectivity index (χ0) is 16.6. The molecule has 5 heteroatoms. The van der Waals surface area contributed by atoms with Crippen molar-refractivity contribution in [1.29, 1.82) is 0 Å². The predicted octanol–water partition coefficient (Wildman–Crippen LogP) is 2.97. The van der Waals surface area contributed by atoms with E-state index < -0.39 is 0 Å². The van der Waals surface area contributed by atoms with Gasteiger partial charge in [-0.05, 0) is 36.6 Å². The summed E-state index contributed by atoms with van der Waals surface area (Å²) >= 11 is 0. The Balaban J connectivity index is 1.33. The van der Waals surface area contributed by atoms with Crippen LogP contribution in [0.4, 0.5) is 4.79 Å². The zero-order valence-corrected chi connectivity index (χ0v) is 13.6. The van der Waals surface area contributed by atoms with E-state index in [-0.39, 0.29) is 6.03 Å². The largest absolute Gasteiger partial charge is 0.338 e. The number of carbonyl (C=O) groups excluding carboxylic acids is 1. The molecule has 5 nitrogen and oxygen atoms in total. The van der Waals surface area contributed by atoms with E-state index in [4.69, 9.17) is 0 Å². The summed E-state index contributed by atoms with van der Waals surface area (Å²) in [4.78, 5) is 16.2. The van der Waals surface area contributed by atoms with Crippen LogP contribution in [0, 0.1) is 0 Å². The van der Waals surface area contributed by atoms with E-state index >= 15 is 0 Å². The predicted molar refractivity (Wildman–Crippen MR) is 95.9 cm³/mol. The fourth-order valence-electron chi connectivity index (χ4n) is 2.68. The lowest BCUT2D eigenvalue weighted by atomic mass is 10.1. The van der Waals surface area contributed by atoms with Gasteiger partial charge >= 0.3 is 6.03 Å². The summed E-state index contributed by atoms with van der Waals surface area (Å²) in [5, 5.41) is 6.92. The third-order valence-electron chi connectivity index (χ3n) is 3.93. The van der Waals surface area contributed by atoms with Crippen molar-refractivity contribution in [2.45, 2.75) is 19.4 Å². The summed E-state index contributed by atoms with van der Waals surface area (Å²) < 4.78 is 2.12. The van der Waals surface area contributed by atoms with E-state index in [9.17, 15) is 4.79 Å². The molecule has 3 rings (SSSR count). The lowest BCUT2D eigenvalue weighted by Gasteiger charge is -2.08. The molecule has 0 spiro atoms. The lowest BCUT2D eigenvalue weighted by Crippen LogP contribution is -2.37. The van der Waals surface area contributed by atoms with Gasteiger partial charge in [0, 0.05) is 37.4 Å². The molecule has 2 N–H and O–H groups in total. The quantitative estimate of drug-likeness (QED) is 0.657. The number of rotatable bonds is 7. The van der Waals surface area contributed by atoms with Gasteiger partial charge in [0.15, 0.2) is 0 Å². The molecule has 0 aliphatic rings. The Morgan fingerprint density at radius 1 is 1.00 bits per heavy atom. The maximum atomic E-state index is 11.8. The first kappa shape index (κ1) is 16.1. The van der Waals surface area contributed by atoms with Crippen molar-refractivity contribution < 1.29 is 4.79 Å². The van der Waals surface area contributed by atoms with Gasteiger partial charge in [-0.25, -0.2) is 9.78 Å². The van der Waals surface area contributed by atoms with Crippen LogP contribution in [0.1, 0.15) is 12.0 Å². The second-order valence-electron chi connectivity index (χ2n) is 5.70. The van der Waals surface area contributed by atoms with Crippen molar-refractivity contribution in [3.63, 3.8) is 0 Å². The molecular formula is C19H22N4O. The number of benzene rings is 1. The molecule has 24 heavy (non-hydrogen) atoms. The lowest BCUT2D eigenvalue weighted by molar-refractivity contribution is 0.240. The van der Waals surface area contributed by atoms with Crippen molar-refractivity contribution in [2.75, 3.05) is 13.1 Å². The molecule has 2 amide bonds. The van der Waals surface area contributed by atoms with Gasteiger partial charge in [0.05, 0.1) is 0 Å². The number of amides is 2. The Labute approximate surface area is 141 Å². The molecule has 0 bridgehead atoms. The van der Waals surface area contributed by atoms with Gasteiger partial charge in [-0.1, -0.05) is 30.3 Å². The number of carbonyl (C=O) groups is 1. The smallest absolute Gasteiger partial charge is 0.314 e. The molecule has 0 aliphatic heterocycles. The summed E-state index contributed by atoms with van der Waals surface area (Å²) in [7, 11) is 0. The zero-order valence-electron chi connectivity index (χ0n) is 13.6. The molecule has 2 heterocycles. The van der Waals surface area contributed by atoms with Crippen LogP contribution in [0.3, 0.4) is 0 Å². The van der Waals surface area contributed by atoms with E-state index in [0.29, 0.717) is 13.1 Å². The SMILES string of the molecule is O=C(NCCCn1ccc2cccnc21)NCCc1ccccc1. The second-order valence-corrected chi connectivity index (χ2v) is 5.70. The van der Waals surface area contributed by atoms with Crippen LogP contribution in [0.25, 0.3) is 11.0 Å². The summed E-state index contributed by atoms with van der Waals surface area (Å²) in [6.45, 7) is 2.12. The topological polar surface area (TPSA) is 59.0 Å². The Morgan fingerprint density at radius 2 is 1.83 bits per heavy atom. The van der Waals surface area contributed by atoms with E-state index in [2.05, 4.69) is 44.5 Å². The van der Waals surface area contributed by atoms with E-state index in [1.165, 1.54) is 5.56 Å². The number of nitrogens with one attached hydrogen (secondary N) is 2. The van der Waals surface area contributed by atoms with Crippen LogP contribution in [-0.4, -0.2) is 28.7 Å². The normalized spacial score (nSPS) is 10.7. The minimum Gasteiger partial charge on any atom is -0.338 e. The highest BCUT2D eigenvalue weighted by Crippen LogP contribution is 2.12. The number of pyridine rings is 1. The minimum absolute atomic E-state index is 0.110. The molecule has 0 atom stereocenters. The summed E-state index contributed by atoms with van der Waals surface area (Å²) in [6, 6.07) is 16.1. The highest BCUT2D eigenvalue weighted by atomic mass is 16.2. The van der Waals surface area contributed by atoms with Crippen molar-refractivity contribution in [3.8, 4) is 0 Å². The average Bonchev–Trinajstić information content (AvgIpc) is 3.03. The molecule has 2 aromatic heterocycles. The number of urea groups is 1. The van der Waals surface area contributed by atoms with Crippen LogP contribution in [0.5, 0.6) is 0 Å².